The molecule has 0 unspecified atom stereocenters. The lowest BCUT2D eigenvalue weighted by molar-refractivity contribution is -0.383. The molecule has 7 nitrogen and oxygen atoms in total. The summed E-state index contributed by atoms with van der Waals surface area (Å²) in [6.45, 7) is 3.88. The fourth-order valence-electron chi connectivity index (χ4n) is 1.63. The van der Waals surface area contributed by atoms with Crippen molar-refractivity contribution in [3.8, 4) is 0 Å². The maximum absolute atomic E-state index is 11.6. The van der Waals surface area contributed by atoms with Crippen LogP contribution in [0.25, 0.3) is 0 Å². The first kappa shape index (κ1) is 16.9. The second-order valence-corrected chi connectivity index (χ2v) is 4.47. The van der Waals surface area contributed by atoms with Crippen LogP contribution >= 0.6 is 0 Å². The number of hydrogen-bond donors (Lipinski definition) is 2. The van der Waals surface area contributed by atoms with Crippen molar-refractivity contribution < 1.29 is 14.5 Å². The Morgan fingerprint density at radius 2 is 2.00 bits per heavy atom. The van der Waals surface area contributed by atoms with Crippen molar-refractivity contribution in [1.82, 2.24) is 5.32 Å². The van der Waals surface area contributed by atoms with Gasteiger partial charge in [0.05, 0.1) is 4.92 Å². The molecule has 0 heterocycles. The molecule has 21 heavy (non-hydrogen) atoms. The fourth-order valence-corrected chi connectivity index (χ4v) is 1.63. The van der Waals surface area contributed by atoms with Gasteiger partial charge in [-0.25, -0.2) is 4.79 Å². The van der Waals surface area contributed by atoms with Crippen molar-refractivity contribution in [3.05, 3.63) is 34.4 Å². The SMILES string of the molecule is CCCCOCCCNC(=O)Nc1ccccc1[N+](=O)[O-]. The Kier molecular flexibility index (Phi) is 7.81. The van der Waals surface area contributed by atoms with Crippen LogP contribution in [0, 0.1) is 10.1 Å². The Morgan fingerprint density at radius 3 is 2.71 bits per heavy atom. The molecule has 0 aliphatic heterocycles. The van der Waals surface area contributed by atoms with Gasteiger partial charge in [-0.05, 0) is 18.9 Å². The average molecular weight is 295 g/mol. The number of anilines is 1. The number of nitro groups is 1. The van der Waals surface area contributed by atoms with Gasteiger partial charge >= 0.3 is 6.03 Å². The van der Waals surface area contributed by atoms with Gasteiger partial charge in [0.2, 0.25) is 0 Å². The van der Waals surface area contributed by atoms with Crippen molar-refractivity contribution in [1.29, 1.82) is 0 Å². The number of rotatable bonds is 9. The first-order valence-electron chi connectivity index (χ1n) is 7.01. The van der Waals surface area contributed by atoms with Crippen molar-refractivity contribution in [3.63, 3.8) is 0 Å². The number of carbonyl (C=O) groups excluding carboxylic acids is 1. The summed E-state index contributed by atoms with van der Waals surface area (Å²) in [5.41, 5.74) is 0.0507. The molecule has 7 heteroatoms. The van der Waals surface area contributed by atoms with Gasteiger partial charge in [0.25, 0.3) is 5.69 Å². The standard InChI is InChI=1S/C14H21N3O4/c1-2-3-10-21-11-6-9-15-14(18)16-12-7-4-5-8-13(12)17(19)20/h4-5,7-8H,2-3,6,9-11H2,1H3,(H2,15,16,18). The number of para-hydroxylation sites is 2. The number of hydrogen-bond acceptors (Lipinski definition) is 4. The Balaban J connectivity index is 2.27. The van der Waals surface area contributed by atoms with Crippen LogP contribution in [0.4, 0.5) is 16.2 Å². The highest BCUT2D eigenvalue weighted by molar-refractivity contribution is 5.91. The zero-order valence-corrected chi connectivity index (χ0v) is 12.1. The molecule has 2 amide bonds. The van der Waals surface area contributed by atoms with Gasteiger partial charge in [-0.1, -0.05) is 25.5 Å². The third-order valence-corrected chi connectivity index (χ3v) is 2.74. The second kappa shape index (κ2) is 9.71. The number of carbonyl (C=O) groups is 1. The van der Waals surface area contributed by atoms with Crippen molar-refractivity contribution in [2.45, 2.75) is 26.2 Å². The highest BCUT2D eigenvalue weighted by Crippen LogP contribution is 2.22. The van der Waals surface area contributed by atoms with E-state index in [1.807, 2.05) is 0 Å². The molecule has 0 saturated heterocycles. The summed E-state index contributed by atoms with van der Waals surface area (Å²) in [5.74, 6) is 0. The average Bonchev–Trinajstić information content (AvgIpc) is 2.46. The van der Waals surface area contributed by atoms with E-state index >= 15 is 0 Å². The van der Waals surface area contributed by atoms with E-state index in [-0.39, 0.29) is 11.4 Å². The van der Waals surface area contributed by atoms with Gasteiger partial charge in [0.1, 0.15) is 5.69 Å². The van der Waals surface area contributed by atoms with Gasteiger partial charge in [0, 0.05) is 25.8 Å². The second-order valence-electron chi connectivity index (χ2n) is 4.47. The van der Waals surface area contributed by atoms with Crippen LogP contribution in [0.2, 0.25) is 0 Å². The van der Waals surface area contributed by atoms with Crippen LogP contribution in [-0.2, 0) is 4.74 Å². The zero-order valence-electron chi connectivity index (χ0n) is 12.1. The maximum atomic E-state index is 11.6. The predicted molar refractivity (Wildman–Crippen MR) is 80.5 cm³/mol. The molecule has 0 bridgehead atoms. The van der Waals surface area contributed by atoms with Crippen molar-refractivity contribution in [2.75, 3.05) is 25.1 Å². The predicted octanol–water partition coefficient (Wildman–Crippen LogP) is 2.92. The summed E-state index contributed by atoms with van der Waals surface area (Å²) in [7, 11) is 0. The number of amides is 2. The van der Waals surface area contributed by atoms with Gasteiger partial charge in [-0.3, -0.25) is 10.1 Å². The quantitative estimate of drug-likeness (QED) is 0.416. The van der Waals surface area contributed by atoms with Gasteiger partial charge in [-0.15, -0.1) is 0 Å². The minimum atomic E-state index is -0.531. The van der Waals surface area contributed by atoms with E-state index in [1.54, 1.807) is 12.1 Å². The first-order chi connectivity index (χ1) is 10.1. The molecule has 1 aromatic carbocycles. The van der Waals surface area contributed by atoms with Crippen LogP contribution in [0.15, 0.2) is 24.3 Å². The molecule has 0 radical (unpaired) electrons. The largest absolute Gasteiger partial charge is 0.381 e. The zero-order chi connectivity index (χ0) is 15.5. The van der Waals surface area contributed by atoms with Gasteiger partial charge in [-0.2, -0.15) is 0 Å². The van der Waals surface area contributed by atoms with Crippen molar-refractivity contribution >= 4 is 17.4 Å². The molecule has 116 valence electrons. The molecule has 1 rings (SSSR count). The molecule has 0 aliphatic rings. The monoisotopic (exact) mass is 295 g/mol. The summed E-state index contributed by atoms with van der Waals surface area (Å²) in [6, 6.07) is 5.56. The lowest BCUT2D eigenvalue weighted by Gasteiger charge is -2.08. The van der Waals surface area contributed by atoms with Gasteiger partial charge in [0.15, 0.2) is 0 Å². The Bertz CT molecular complexity index is 465. The minimum absolute atomic E-state index is 0.129. The summed E-state index contributed by atoms with van der Waals surface area (Å²) in [4.78, 5) is 21.9. The number of nitrogens with zero attached hydrogens (tertiary/aromatic N) is 1. The molecule has 0 aromatic heterocycles. The normalized spacial score (nSPS) is 10.1. The van der Waals surface area contributed by atoms with Gasteiger partial charge < -0.3 is 15.4 Å². The third kappa shape index (κ3) is 6.71. The number of benzene rings is 1. The number of nitro benzene ring substituents is 1. The molecule has 1 aromatic rings. The van der Waals surface area contributed by atoms with Crippen LogP contribution in [0.1, 0.15) is 26.2 Å². The highest BCUT2D eigenvalue weighted by Gasteiger charge is 2.14. The van der Waals surface area contributed by atoms with E-state index in [0.717, 1.165) is 19.4 Å². The number of urea groups is 1. The molecule has 0 atom stereocenters. The highest BCUT2D eigenvalue weighted by atomic mass is 16.6. The molecule has 0 spiro atoms. The summed E-state index contributed by atoms with van der Waals surface area (Å²) < 4.78 is 5.36. The topological polar surface area (TPSA) is 93.5 Å². The van der Waals surface area contributed by atoms with E-state index < -0.39 is 11.0 Å². The number of ether oxygens (including phenoxy) is 1. The van der Waals surface area contributed by atoms with Crippen LogP contribution in [0.3, 0.4) is 0 Å². The van der Waals surface area contributed by atoms with Crippen LogP contribution in [0.5, 0.6) is 0 Å². The summed E-state index contributed by atoms with van der Waals surface area (Å²) >= 11 is 0. The molecule has 0 fully saturated rings. The minimum Gasteiger partial charge on any atom is -0.381 e. The Labute approximate surface area is 123 Å². The fraction of sp³-hybridized carbons (Fsp3) is 0.500. The maximum Gasteiger partial charge on any atom is 0.319 e. The lowest BCUT2D eigenvalue weighted by Crippen LogP contribution is -2.30. The van der Waals surface area contributed by atoms with E-state index in [9.17, 15) is 14.9 Å². The smallest absolute Gasteiger partial charge is 0.319 e. The third-order valence-electron chi connectivity index (χ3n) is 2.74. The van der Waals surface area contributed by atoms with E-state index in [0.29, 0.717) is 19.6 Å². The number of unbranched alkanes of at least 4 members (excludes halogenated alkanes) is 1. The first-order valence-corrected chi connectivity index (χ1v) is 7.01. The molecule has 0 aliphatic carbocycles. The van der Waals surface area contributed by atoms with E-state index in [2.05, 4.69) is 17.6 Å². The van der Waals surface area contributed by atoms with Crippen molar-refractivity contribution in [2.24, 2.45) is 0 Å². The molecule has 0 saturated carbocycles. The van der Waals surface area contributed by atoms with E-state index in [1.165, 1.54) is 12.1 Å². The molecular weight excluding hydrogens is 274 g/mol. The van der Waals surface area contributed by atoms with Crippen LogP contribution < -0.4 is 10.6 Å². The van der Waals surface area contributed by atoms with Crippen LogP contribution in [-0.4, -0.2) is 30.7 Å². The summed E-state index contributed by atoms with van der Waals surface area (Å²) in [5, 5.41) is 15.9. The summed E-state index contributed by atoms with van der Waals surface area (Å²) in [6.07, 6.45) is 2.83. The lowest BCUT2D eigenvalue weighted by atomic mass is 10.3. The Morgan fingerprint density at radius 1 is 1.29 bits per heavy atom. The van der Waals surface area contributed by atoms with E-state index in [4.69, 9.17) is 4.74 Å². The number of nitrogens with one attached hydrogen (secondary N) is 2. The Hall–Kier alpha value is -2.15. The molecule has 2 N–H and O–H groups in total. The molecular formula is C14H21N3O4.